The van der Waals surface area contributed by atoms with Crippen LogP contribution in [0.5, 0.6) is 0 Å². The maximum atomic E-state index is 5.31. The minimum absolute atomic E-state index is 0.452. The van der Waals surface area contributed by atoms with Crippen LogP contribution in [0.2, 0.25) is 0 Å². The number of aryl methyl sites for hydroxylation is 1. The molecule has 1 aromatic rings. The number of methoxy groups -OCH3 is 1. The minimum Gasteiger partial charge on any atom is -0.383 e. The highest BCUT2D eigenvalue weighted by Gasteiger charge is 2.31. The standard InChI is InChI=1S/C15H24N2O/c1-11-5-8-13(9-15(11)17(2)3)16-14(10-18-4)12-6-7-12/h5,8-9,12,14,16H,6-7,10H2,1-4H3. The lowest BCUT2D eigenvalue weighted by atomic mass is 10.1. The number of anilines is 2. The maximum absolute atomic E-state index is 5.31. The van der Waals surface area contributed by atoms with Gasteiger partial charge in [-0.3, -0.25) is 0 Å². The van der Waals surface area contributed by atoms with Crippen molar-refractivity contribution in [1.82, 2.24) is 0 Å². The molecule has 1 fully saturated rings. The van der Waals surface area contributed by atoms with Gasteiger partial charge in [-0.2, -0.15) is 0 Å². The van der Waals surface area contributed by atoms with Crippen molar-refractivity contribution in [2.45, 2.75) is 25.8 Å². The molecule has 1 saturated carbocycles. The van der Waals surface area contributed by atoms with Crippen molar-refractivity contribution >= 4 is 11.4 Å². The molecule has 18 heavy (non-hydrogen) atoms. The highest BCUT2D eigenvalue weighted by Crippen LogP contribution is 2.35. The minimum atomic E-state index is 0.452. The first-order valence-corrected chi connectivity index (χ1v) is 6.65. The molecular formula is C15H24N2O. The van der Waals surface area contributed by atoms with Crippen LogP contribution in [0.15, 0.2) is 18.2 Å². The van der Waals surface area contributed by atoms with Crippen molar-refractivity contribution in [3.8, 4) is 0 Å². The van der Waals surface area contributed by atoms with E-state index in [1.807, 2.05) is 0 Å². The number of benzene rings is 1. The summed E-state index contributed by atoms with van der Waals surface area (Å²) in [5.41, 5.74) is 3.77. The molecule has 1 aliphatic rings. The van der Waals surface area contributed by atoms with Gasteiger partial charge in [0, 0.05) is 32.6 Å². The molecule has 3 heteroatoms. The van der Waals surface area contributed by atoms with Gasteiger partial charge in [0.2, 0.25) is 0 Å². The lowest BCUT2D eigenvalue weighted by Gasteiger charge is -2.21. The Hall–Kier alpha value is -1.22. The van der Waals surface area contributed by atoms with Crippen molar-refractivity contribution in [3.05, 3.63) is 23.8 Å². The highest BCUT2D eigenvalue weighted by molar-refractivity contribution is 5.62. The first kappa shape index (κ1) is 13.2. The first-order valence-electron chi connectivity index (χ1n) is 6.65. The summed E-state index contributed by atoms with van der Waals surface area (Å²) in [6, 6.07) is 7.01. The Kier molecular flexibility index (Phi) is 4.12. The Morgan fingerprint density at radius 3 is 2.67 bits per heavy atom. The predicted octanol–water partition coefficient (Wildman–Crippen LogP) is 2.90. The Morgan fingerprint density at radius 2 is 2.11 bits per heavy atom. The molecular weight excluding hydrogens is 224 g/mol. The van der Waals surface area contributed by atoms with E-state index in [2.05, 4.69) is 49.4 Å². The van der Waals surface area contributed by atoms with Gasteiger partial charge in [-0.15, -0.1) is 0 Å². The molecule has 1 aliphatic carbocycles. The van der Waals surface area contributed by atoms with Crippen molar-refractivity contribution in [2.75, 3.05) is 38.0 Å². The first-order chi connectivity index (χ1) is 8.61. The van der Waals surface area contributed by atoms with Crippen molar-refractivity contribution in [2.24, 2.45) is 5.92 Å². The molecule has 1 unspecified atom stereocenters. The number of nitrogens with one attached hydrogen (secondary N) is 1. The van der Waals surface area contributed by atoms with E-state index in [9.17, 15) is 0 Å². The average molecular weight is 248 g/mol. The summed E-state index contributed by atoms with van der Waals surface area (Å²) in [7, 11) is 5.94. The SMILES string of the molecule is COCC(Nc1ccc(C)c(N(C)C)c1)C1CC1. The van der Waals surface area contributed by atoms with Crippen LogP contribution in [-0.2, 0) is 4.74 Å². The summed E-state index contributed by atoms with van der Waals surface area (Å²) in [5.74, 6) is 0.786. The van der Waals surface area contributed by atoms with E-state index in [-0.39, 0.29) is 0 Å². The third-order valence-electron chi connectivity index (χ3n) is 3.58. The fraction of sp³-hybridized carbons (Fsp3) is 0.600. The van der Waals surface area contributed by atoms with E-state index in [0.717, 1.165) is 12.5 Å². The normalized spacial score (nSPS) is 16.4. The summed E-state index contributed by atoms with van der Waals surface area (Å²) in [6.45, 7) is 2.93. The second-order valence-electron chi connectivity index (χ2n) is 5.44. The topological polar surface area (TPSA) is 24.5 Å². The molecule has 0 radical (unpaired) electrons. The second kappa shape index (κ2) is 5.61. The van der Waals surface area contributed by atoms with Crippen LogP contribution in [0.25, 0.3) is 0 Å². The maximum Gasteiger partial charge on any atom is 0.0666 e. The van der Waals surface area contributed by atoms with Crippen LogP contribution in [0.4, 0.5) is 11.4 Å². The van der Waals surface area contributed by atoms with E-state index >= 15 is 0 Å². The third-order valence-corrected chi connectivity index (χ3v) is 3.58. The summed E-state index contributed by atoms with van der Waals surface area (Å²) < 4.78 is 5.31. The Balaban J connectivity index is 2.10. The number of nitrogens with zero attached hydrogens (tertiary/aromatic N) is 1. The molecule has 1 N–H and O–H groups in total. The molecule has 1 aromatic carbocycles. The summed E-state index contributed by atoms with van der Waals surface area (Å²) in [4.78, 5) is 2.16. The molecule has 0 heterocycles. The van der Waals surface area contributed by atoms with E-state index in [1.54, 1.807) is 7.11 Å². The van der Waals surface area contributed by atoms with Crippen molar-refractivity contribution in [3.63, 3.8) is 0 Å². The molecule has 100 valence electrons. The molecule has 0 spiro atoms. The Labute approximate surface area is 110 Å². The van der Waals surface area contributed by atoms with E-state index in [0.29, 0.717) is 6.04 Å². The molecule has 0 aliphatic heterocycles. The Bertz CT molecular complexity index is 399. The van der Waals surface area contributed by atoms with Gasteiger partial charge in [-0.05, 0) is 43.4 Å². The third kappa shape index (κ3) is 3.16. The van der Waals surface area contributed by atoms with E-state index < -0.39 is 0 Å². The van der Waals surface area contributed by atoms with Gasteiger partial charge in [-0.25, -0.2) is 0 Å². The van der Waals surface area contributed by atoms with Crippen LogP contribution in [0.1, 0.15) is 18.4 Å². The molecule has 0 amide bonds. The summed E-state index contributed by atoms with van der Waals surface area (Å²) in [6.07, 6.45) is 2.65. The quantitative estimate of drug-likeness (QED) is 0.837. The lowest BCUT2D eigenvalue weighted by Crippen LogP contribution is -2.27. The van der Waals surface area contributed by atoms with Crippen LogP contribution in [0.3, 0.4) is 0 Å². The van der Waals surface area contributed by atoms with Gasteiger partial charge in [0.15, 0.2) is 0 Å². The van der Waals surface area contributed by atoms with Gasteiger partial charge in [0.1, 0.15) is 0 Å². The lowest BCUT2D eigenvalue weighted by molar-refractivity contribution is 0.179. The van der Waals surface area contributed by atoms with Crippen molar-refractivity contribution < 1.29 is 4.74 Å². The smallest absolute Gasteiger partial charge is 0.0666 e. The largest absolute Gasteiger partial charge is 0.383 e. The summed E-state index contributed by atoms with van der Waals surface area (Å²) in [5, 5.41) is 3.61. The van der Waals surface area contributed by atoms with E-state index in [1.165, 1.54) is 29.8 Å². The van der Waals surface area contributed by atoms with Gasteiger partial charge >= 0.3 is 0 Å². The zero-order chi connectivity index (χ0) is 13.1. The number of ether oxygens (including phenoxy) is 1. The molecule has 0 saturated heterocycles. The van der Waals surface area contributed by atoms with Gasteiger partial charge in [0.05, 0.1) is 12.6 Å². The highest BCUT2D eigenvalue weighted by atomic mass is 16.5. The second-order valence-corrected chi connectivity index (χ2v) is 5.44. The Morgan fingerprint density at radius 1 is 1.39 bits per heavy atom. The average Bonchev–Trinajstić information content (AvgIpc) is 3.14. The van der Waals surface area contributed by atoms with Crippen LogP contribution in [-0.4, -0.2) is 33.9 Å². The molecule has 0 bridgehead atoms. The van der Waals surface area contributed by atoms with Gasteiger partial charge < -0.3 is 15.0 Å². The molecule has 3 nitrogen and oxygen atoms in total. The zero-order valence-electron chi connectivity index (χ0n) is 11.9. The van der Waals surface area contributed by atoms with Crippen LogP contribution < -0.4 is 10.2 Å². The fourth-order valence-electron chi connectivity index (χ4n) is 2.37. The summed E-state index contributed by atoms with van der Waals surface area (Å²) >= 11 is 0. The fourth-order valence-corrected chi connectivity index (χ4v) is 2.37. The van der Waals surface area contributed by atoms with Crippen LogP contribution in [0, 0.1) is 12.8 Å². The zero-order valence-corrected chi connectivity index (χ0v) is 11.9. The van der Waals surface area contributed by atoms with Crippen molar-refractivity contribution in [1.29, 1.82) is 0 Å². The molecule has 1 atom stereocenters. The van der Waals surface area contributed by atoms with E-state index in [4.69, 9.17) is 4.74 Å². The van der Waals surface area contributed by atoms with Gasteiger partial charge in [-0.1, -0.05) is 6.07 Å². The van der Waals surface area contributed by atoms with Gasteiger partial charge in [0.25, 0.3) is 0 Å². The molecule has 0 aromatic heterocycles. The number of hydrogen-bond donors (Lipinski definition) is 1. The molecule has 2 rings (SSSR count). The number of hydrogen-bond acceptors (Lipinski definition) is 3. The predicted molar refractivity (Wildman–Crippen MR) is 77.5 cm³/mol. The monoisotopic (exact) mass is 248 g/mol. The van der Waals surface area contributed by atoms with Crippen LogP contribution >= 0.6 is 0 Å². The number of rotatable bonds is 6.